The molecule has 1 unspecified atom stereocenters. The van der Waals surface area contributed by atoms with Crippen LogP contribution in [0.25, 0.3) is 28.2 Å². The first-order valence-electron chi connectivity index (χ1n) is 13.3. The van der Waals surface area contributed by atoms with Gasteiger partial charge < -0.3 is 13.9 Å². The lowest BCUT2D eigenvalue weighted by molar-refractivity contribution is -0.145. The van der Waals surface area contributed by atoms with Crippen molar-refractivity contribution in [2.45, 2.75) is 39.5 Å². The van der Waals surface area contributed by atoms with Gasteiger partial charge >= 0.3 is 5.97 Å². The molecule has 0 fully saturated rings. The van der Waals surface area contributed by atoms with Gasteiger partial charge in [0.2, 0.25) is 5.89 Å². The van der Waals surface area contributed by atoms with E-state index in [9.17, 15) is 4.79 Å². The molecule has 1 atom stereocenters. The number of oxazole rings is 1. The Morgan fingerprint density at radius 2 is 1.71 bits per heavy atom. The lowest BCUT2D eigenvalue weighted by Gasteiger charge is -2.24. The number of aromatic nitrogens is 1. The maximum Gasteiger partial charge on any atom is 0.344 e. The molecule has 0 radical (unpaired) electrons. The van der Waals surface area contributed by atoms with Crippen molar-refractivity contribution in [1.29, 1.82) is 0 Å². The highest BCUT2D eigenvalue weighted by atomic mass is 16.6. The van der Waals surface area contributed by atoms with Crippen LogP contribution in [0.4, 0.5) is 0 Å². The molecule has 1 aliphatic carbocycles. The van der Waals surface area contributed by atoms with Crippen molar-refractivity contribution in [3.05, 3.63) is 102 Å². The van der Waals surface area contributed by atoms with Gasteiger partial charge in [-0.15, -0.1) is 0 Å². The molecule has 5 rings (SSSR count). The average molecular weight is 508 g/mol. The first-order chi connectivity index (χ1) is 18.6. The summed E-state index contributed by atoms with van der Waals surface area (Å²) in [7, 11) is 0. The molecule has 0 saturated heterocycles. The second-order valence-corrected chi connectivity index (χ2v) is 9.55. The summed E-state index contributed by atoms with van der Waals surface area (Å²) in [6, 6.07) is 26.4. The molecule has 0 spiro atoms. The second kappa shape index (κ2) is 12.0. The monoisotopic (exact) mass is 507 g/mol. The number of ether oxygens (including phenoxy) is 2. The van der Waals surface area contributed by atoms with Gasteiger partial charge in [-0.05, 0) is 62.6 Å². The number of allylic oxidation sites excluding steroid dienone is 2. The molecule has 5 heteroatoms. The van der Waals surface area contributed by atoms with Gasteiger partial charge in [0.25, 0.3) is 0 Å². The van der Waals surface area contributed by atoms with Crippen molar-refractivity contribution in [3.8, 4) is 28.3 Å². The third kappa shape index (κ3) is 5.72. The topological polar surface area (TPSA) is 61.6 Å². The molecule has 194 valence electrons. The lowest BCUT2D eigenvalue weighted by Crippen LogP contribution is -2.16. The number of benzene rings is 3. The van der Waals surface area contributed by atoms with E-state index >= 15 is 0 Å². The lowest BCUT2D eigenvalue weighted by atomic mass is 9.82. The van der Waals surface area contributed by atoms with Gasteiger partial charge in [-0.2, -0.15) is 0 Å². The summed E-state index contributed by atoms with van der Waals surface area (Å²) in [6.07, 6.45) is 6.34. The maximum atomic E-state index is 11.8. The Bertz CT molecular complexity index is 1350. The molecule has 0 aliphatic heterocycles. The van der Waals surface area contributed by atoms with E-state index in [1.54, 1.807) is 6.92 Å². The largest absolute Gasteiger partial charge is 0.482 e. The quantitative estimate of drug-likeness (QED) is 0.217. The van der Waals surface area contributed by atoms with E-state index in [2.05, 4.69) is 36.4 Å². The molecular weight excluding hydrogens is 474 g/mol. The molecule has 1 heterocycles. The second-order valence-electron chi connectivity index (χ2n) is 9.55. The van der Waals surface area contributed by atoms with Crippen molar-refractivity contribution in [3.63, 3.8) is 0 Å². The summed E-state index contributed by atoms with van der Waals surface area (Å²) in [4.78, 5) is 16.9. The molecule has 0 bridgehead atoms. The van der Waals surface area contributed by atoms with Gasteiger partial charge in [-0.3, -0.25) is 0 Å². The summed E-state index contributed by atoms with van der Waals surface area (Å²) in [5.41, 5.74) is 6.32. The van der Waals surface area contributed by atoms with Crippen LogP contribution < -0.4 is 4.74 Å². The first kappa shape index (κ1) is 25.5. The van der Waals surface area contributed by atoms with E-state index in [0.29, 0.717) is 18.2 Å². The third-order valence-electron chi connectivity index (χ3n) is 7.03. The van der Waals surface area contributed by atoms with Gasteiger partial charge in [-0.25, -0.2) is 9.78 Å². The minimum atomic E-state index is -0.359. The molecule has 3 aromatic carbocycles. The molecule has 0 amide bonds. The highest BCUT2D eigenvalue weighted by molar-refractivity contribution is 5.79. The maximum absolute atomic E-state index is 11.8. The zero-order chi connectivity index (χ0) is 26.3. The van der Waals surface area contributed by atoms with Gasteiger partial charge in [0.05, 0.1) is 6.61 Å². The van der Waals surface area contributed by atoms with E-state index in [0.717, 1.165) is 59.4 Å². The average Bonchev–Trinajstić information content (AvgIpc) is 3.40. The Balaban J connectivity index is 1.44. The van der Waals surface area contributed by atoms with Crippen LogP contribution >= 0.6 is 0 Å². The normalized spacial score (nSPS) is 15.1. The molecule has 1 aromatic heterocycles. The Hall–Kier alpha value is -4.12. The summed E-state index contributed by atoms with van der Waals surface area (Å²) in [6.45, 7) is 4.09. The van der Waals surface area contributed by atoms with Crippen molar-refractivity contribution in [2.24, 2.45) is 5.92 Å². The number of carbonyl (C=O) groups excluding carboxylic acids is 1. The number of hydrogen-bond acceptors (Lipinski definition) is 5. The molecule has 5 nitrogen and oxygen atoms in total. The SMILES string of the molecule is CCOC(=O)COc1cccc(CC2CCCC=C2c2nc(-c3ccccc3)c(-c3ccccc3)o2)c1C. The number of rotatable bonds is 9. The number of hydrogen-bond donors (Lipinski definition) is 0. The van der Waals surface area contributed by atoms with Gasteiger partial charge in [0.1, 0.15) is 11.4 Å². The fraction of sp³-hybridized carbons (Fsp3) is 0.273. The van der Waals surface area contributed by atoms with Crippen LogP contribution in [0, 0.1) is 12.8 Å². The standard InChI is InChI=1S/C33H33NO4/c1-3-36-30(35)22-37-29-20-12-18-26(23(29)2)21-27-17-10-11-19-28(27)33-34-31(24-13-6-4-7-14-24)32(38-33)25-15-8-5-9-16-25/h4-9,12-16,18-20,27H,3,10-11,17,21-22H2,1-2H3. The van der Waals surface area contributed by atoms with Crippen LogP contribution in [0.3, 0.4) is 0 Å². The van der Waals surface area contributed by atoms with Gasteiger partial charge in [0, 0.05) is 16.7 Å². The summed E-state index contributed by atoms with van der Waals surface area (Å²) < 4.78 is 17.3. The Labute approximate surface area is 224 Å². The fourth-order valence-electron chi connectivity index (χ4n) is 5.08. The van der Waals surface area contributed by atoms with Crippen molar-refractivity contribution in [1.82, 2.24) is 4.98 Å². The highest BCUT2D eigenvalue weighted by Crippen LogP contribution is 2.40. The molecule has 0 saturated carbocycles. The molecular formula is C33H33NO4. The molecule has 1 aliphatic rings. The number of carbonyl (C=O) groups is 1. The molecule has 0 N–H and O–H groups in total. The molecule has 4 aromatic rings. The Morgan fingerprint density at radius 3 is 2.45 bits per heavy atom. The summed E-state index contributed by atoms with van der Waals surface area (Å²) >= 11 is 0. The van der Waals surface area contributed by atoms with E-state index in [4.69, 9.17) is 18.9 Å². The predicted octanol–water partition coefficient (Wildman–Crippen LogP) is 7.69. The third-order valence-corrected chi connectivity index (χ3v) is 7.03. The van der Waals surface area contributed by atoms with Crippen LogP contribution in [0.1, 0.15) is 43.2 Å². The van der Waals surface area contributed by atoms with Crippen molar-refractivity contribution >= 4 is 11.5 Å². The van der Waals surface area contributed by atoms with Crippen LogP contribution in [0.2, 0.25) is 0 Å². The minimum absolute atomic E-state index is 0.0897. The Kier molecular flexibility index (Phi) is 8.03. The minimum Gasteiger partial charge on any atom is -0.482 e. The fourth-order valence-corrected chi connectivity index (χ4v) is 5.08. The van der Waals surface area contributed by atoms with Crippen molar-refractivity contribution in [2.75, 3.05) is 13.2 Å². The van der Waals surface area contributed by atoms with Crippen molar-refractivity contribution < 1.29 is 18.7 Å². The van der Waals surface area contributed by atoms with E-state index in [1.165, 1.54) is 5.56 Å². The van der Waals surface area contributed by atoms with E-state index < -0.39 is 0 Å². The smallest absolute Gasteiger partial charge is 0.344 e. The van der Waals surface area contributed by atoms with Gasteiger partial charge in [-0.1, -0.05) is 78.9 Å². The number of nitrogens with zero attached hydrogens (tertiary/aromatic N) is 1. The van der Waals surface area contributed by atoms with Crippen LogP contribution in [-0.4, -0.2) is 24.2 Å². The van der Waals surface area contributed by atoms with Crippen LogP contribution in [0.5, 0.6) is 5.75 Å². The van der Waals surface area contributed by atoms with Gasteiger partial charge in [0.15, 0.2) is 12.4 Å². The highest BCUT2D eigenvalue weighted by Gasteiger charge is 2.27. The zero-order valence-corrected chi connectivity index (χ0v) is 22.0. The van der Waals surface area contributed by atoms with Crippen LogP contribution in [-0.2, 0) is 16.0 Å². The predicted molar refractivity (Wildman–Crippen MR) is 150 cm³/mol. The zero-order valence-electron chi connectivity index (χ0n) is 22.0. The molecule has 38 heavy (non-hydrogen) atoms. The van der Waals surface area contributed by atoms with E-state index in [1.807, 2.05) is 55.5 Å². The summed E-state index contributed by atoms with van der Waals surface area (Å²) in [5.74, 6) is 2.11. The van der Waals surface area contributed by atoms with Crippen LogP contribution in [0.15, 0.2) is 89.4 Å². The number of esters is 1. The first-order valence-corrected chi connectivity index (χ1v) is 13.3. The van der Waals surface area contributed by atoms with E-state index in [-0.39, 0.29) is 18.5 Å². The Morgan fingerprint density at radius 1 is 0.974 bits per heavy atom. The summed E-state index contributed by atoms with van der Waals surface area (Å²) in [5, 5.41) is 0.